The third-order valence-electron chi connectivity index (χ3n) is 4.72. The minimum absolute atomic E-state index is 0.0540. The number of esters is 1. The van der Waals surface area contributed by atoms with Gasteiger partial charge in [-0.1, -0.05) is 0 Å². The van der Waals surface area contributed by atoms with Gasteiger partial charge in [0.1, 0.15) is 5.75 Å². The molecule has 0 aliphatic carbocycles. The minimum atomic E-state index is -5.21. The lowest BCUT2D eigenvalue weighted by Gasteiger charge is -2.13. The van der Waals surface area contributed by atoms with E-state index < -0.39 is 18.0 Å². The van der Waals surface area contributed by atoms with E-state index in [1.165, 1.54) is 6.07 Å². The number of fused-ring (bicyclic) bond motifs is 2. The number of benzene rings is 2. The second-order valence-corrected chi connectivity index (χ2v) is 7.11. The number of methoxy groups -OCH3 is 1. The summed E-state index contributed by atoms with van der Waals surface area (Å²) in [6, 6.07) is 8.16. The van der Waals surface area contributed by atoms with E-state index in [4.69, 9.17) is 10.5 Å². The van der Waals surface area contributed by atoms with E-state index in [-0.39, 0.29) is 28.5 Å². The van der Waals surface area contributed by atoms with Crippen molar-refractivity contribution in [2.75, 3.05) is 18.2 Å². The highest BCUT2D eigenvalue weighted by Gasteiger charge is 2.42. The molecule has 2 aromatic heterocycles. The third-order valence-corrected chi connectivity index (χ3v) is 4.72. The maximum Gasteiger partial charge on any atom is 0.491 e. The fourth-order valence-corrected chi connectivity index (χ4v) is 3.23. The summed E-state index contributed by atoms with van der Waals surface area (Å²) in [7, 11) is 1.54. The van der Waals surface area contributed by atoms with Crippen LogP contribution in [0.2, 0.25) is 0 Å². The molecule has 0 aliphatic rings. The number of nitrogen functional groups attached to an aromatic ring is 1. The molecule has 4 rings (SSSR count). The first-order chi connectivity index (χ1) is 15.5. The molecule has 2 aromatic carbocycles. The molecule has 0 saturated carbocycles. The molecule has 0 unspecified atom stereocenters. The van der Waals surface area contributed by atoms with Crippen molar-refractivity contribution in [2.24, 2.45) is 0 Å². The number of aromatic nitrogens is 4. The summed E-state index contributed by atoms with van der Waals surface area (Å²) in [6.07, 6.45) is -5.21. The van der Waals surface area contributed by atoms with Gasteiger partial charge in [-0.15, -0.1) is 0 Å². The lowest BCUT2D eigenvalue weighted by atomic mass is 10.1. The highest BCUT2D eigenvalue weighted by Crippen LogP contribution is 2.31. The number of aryl methyl sites for hydroxylation is 2. The van der Waals surface area contributed by atoms with Gasteiger partial charge in [-0.25, -0.2) is 19.7 Å². The summed E-state index contributed by atoms with van der Waals surface area (Å²) < 4.78 is 48.1. The van der Waals surface area contributed by atoms with Crippen LogP contribution in [0.3, 0.4) is 0 Å². The molecule has 33 heavy (non-hydrogen) atoms. The van der Waals surface area contributed by atoms with E-state index >= 15 is 0 Å². The molecule has 0 fully saturated rings. The first-order valence-corrected chi connectivity index (χ1v) is 9.51. The average molecular weight is 458 g/mol. The number of carbonyl (C=O) groups is 1. The first kappa shape index (κ1) is 22.0. The van der Waals surface area contributed by atoms with Gasteiger partial charge in [0.2, 0.25) is 17.8 Å². The van der Waals surface area contributed by atoms with Crippen LogP contribution in [0.15, 0.2) is 30.3 Å². The maximum atomic E-state index is 12.8. The normalized spacial score (nSPS) is 11.6. The number of hydrogen-bond acceptors (Lipinski definition) is 9. The molecule has 0 saturated heterocycles. The molecular formula is C21H17F3N6O3. The topological polar surface area (TPSA) is 125 Å². The summed E-state index contributed by atoms with van der Waals surface area (Å²) in [6.45, 7) is 3.42. The van der Waals surface area contributed by atoms with Gasteiger partial charge in [0.05, 0.1) is 29.2 Å². The zero-order valence-corrected chi connectivity index (χ0v) is 17.6. The molecule has 0 radical (unpaired) electrons. The Morgan fingerprint density at radius 1 is 1.00 bits per heavy atom. The van der Waals surface area contributed by atoms with Crippen molar-refractivity contribution in [3.05, 3.63) is 41.6 Å². The van der Waals surface area contributed by atoms with Crippen LogP contribution in [-0.2, 0) is 4.79 Å². The Hall–Kier alpha value is -4.22. The number of ether oxygens (including phenoxy) is 2. The van der Waals surface area contributed by atoms with Crippen LogP contribution < -0.4 is 20.5 Å². The van der Waals surface area contributed by atoms with Crippen LogP contribution in [0.4, 0.5) is 30.8 Å². The van der Waals surface area contributed by atoms with Crippen molar-refractivity contribution < 1.29 is 27.4 Å². The Bertz CT molecular complexity index is 1410. The van der Waals surface area contributed by atoms with Gasteiger partial charge >= 0.3 is 12.1 Å². The first-order valence-electron chi connectivity index (χ1n) is 9.51. The molecular weight excluding hydrogens is 441 g/mol. The SMILES string of the molecule is COc1ccc2nc(Nc3nc(OC(=O)C(F)(F)F)c4cc(N)cc(C)c4n3)nc(C)c2c1. The summed E-state index contributed by atoms with van der Waals surface area (Å²) >= 11 is 0. The molecule has 170 valence electrons. The molecule has 12 heteroatoms. The Morgan fingerprint density at radius 2 is 1.73 bits per heavy atom. The number of alkyl halides is 3. The maximum absolute atomic E-state index is 12.8. The quantitative estimate of drug-likeness (QED) is 0.345. The van der Waals surface area contributed by atoms with Crippen LogP contribution in [-0.4, -0.2) is 39.2 Å². The van der Waals surface area contributed by atoms with Crippen molar-refractivity contribution in [2.45, 2.75) is 20.0 Å². The molecule has 0 amide bonds. The Balaban J connectivity index is 1.80. The van der Waals surface area contributed by atoms with Gasteiger partial charge in [0.15, 0.2) is 0 Å². The zero-order chi connectivity index (χ0) is 23.9. The second kappa shape index (κ2) is 8.04. The van der Waals surface area contributed by atoms with Crippen molar-refractivity contribution in [1.29, 1.82) is 0 Å². The van der Waals surface area contributed by atoms with Crippen LogP contribution in [0.5, 0.6) is 11.6 Å². The largest absolute Gasteiger partial charge is 0.497 e. The van der Waals surface area contributed by atoms with Crippen molar-refractivity contribution >= 4 is 45.4 Å². The molecule has 3 N–H and O–H groups in total. The Kier molecular flexibility index (Phi) is 5.36. The predicted octanol–water partition coefficient (Wildman–Crippen LogP) is 3.99. The molecule has 4 aromatic rings. The monoisotopic (exact) mass is 458 g/mol. The Morgan fingerprint density at radius 3 is 2.42 bits per heavy atom. The smallest absolute Gasteiger partial charge is 0.491 e. The lowest BCUT2D eigenvalue weighted by molar-refractivity contribution is -0.189. The van der Waals surface area contributed by atoms with Crippen molar-refractivity contribution in [3.8, 4) is 11.6 Å². The molecule has 2 heterocycles. The van der Waals surface area contributed by atoms with E-state index in [0.717, 1.165) is 5.39 Å². The Labute approximate surface area is 184 Å². The highest BCUT2D eigenvalue weighted by molar-refractivity contribution is 5.92. The van der Waals surface area contributed by atoms with Crippen LogP contribution in [0.1, 0.15) is 11.3 Å². The van der Waals surface area contributed by atoms with Crippen LogP contribution in [0, 0.1) is 13.8 Å². The van der Waals surface area contributed by atoms with E-state index in [0.29, 0.717) is 22.5 Å². The molecule has 0 aliphatic heterocycles. The lowest BCUT2D eigenvalue weighted by Crippen LogP contribution is -2.28. The summed E-state index contributed by atoms with van der Waals surface area (Å²) in [5.74, 6) is -2.43. The van der Waals surface area contributed by atoms with E-state index in [2.05, 4.69) is 30.0 Å². The minimum Gasteiger partial charge on any atom is -0.497 e. The average Bonchev–Trinajstić information content (AvgIpc) is 2.73. The van der Waals surface area contributed by atoms with Crippen molar-refractivity contribution in [1.82, 2.24) is 19.9 Å². The van der Waals surface area contributed by atoms with Crippen LogP contribution in [0.25, 0.3) is 21.8 Å². The van der Waals surface area contributed by atoms with E-state index in [1.54, 1.807) is 45.2 Å². The number of nitrogens with zero attached hydrogens (tertiary/aromatic N) is 4. The summed E-state index contributed by atoms with van der Waals surface area (Å²) in [5.41, 5.74) is 8.05. The number of carbonyl (C=O) groups excluding carboxylic acids is 1. The molecule has 0 atom stereocenters. The standard InChI is InChI=1S/C21H17F3N6O3/c1-9-6-11(25)7-14-16(9)28-20(29-17(14)33-18(31)21(22,23)24)30-19-26-10(2)13-8-12(32-3)4-5-15(13)27-19/h4-8H,25H2,1-3H3,(H,26,27,28,29,30). The number of nitrogens with one attached hydrogen (secondary N) is 1. The highest BCUT2D eigenvalue weighted by atomic mass is 19.4. The fraction of sp³-hybridized carbons (Fsp3) is 0.190. The van der Waals surface area contributed by atoms with Gasteiger partial charge in [0, 0.05) is 11.1 Å². The number of halogens is 3. The van der Waals surface area contributed by atoms with Gasteiger partial charge in [-0.3, -0.25) is 5.32 Å². The van der Waals surface area contributed by atoms with Crippen LogP contribution >= 0.6 is 0 Å². The fourth-order valence-electron chi connectivity index (χ4n) is 3.23. The predicted molar refractivity (Wildman–Crippen MR) is 114 cm³/mol. The van der Waals surface area contributed by atoms with Gasteiger partial charge in [0.25, 0.3) is 0 Å². The number of nitrogens with two attached hydrogens (primary N) is 1. The molecule has 9 nitrogen and oxygen atoms in total. The van der Waals surface area contributed by atoms with Gasteiger partial charge < -0.3 is 15.2 Å². The summed E-state index contributed by atoms with van der Waals surface area (Å²) in [4.78, 5) is 28.5. The third kappa shape index (κ3) is 4.40. The molecule has 0 bridgehead atoms. The van der Waals surface area contributed by atoms with E-state index in [9.17, 15) is 18.0 Å². The zero-order valence-electron chi connectivity index (χ0n) is 17.6. The van der Waals surface area contributed by atoms with E-state index in [1.807, 2.05) is 0 Å². The number of rotatable bonds is 4. The number of hydrogen-bond donors (Lipinski definition) is 2. The molecule has 0 spiro atoms. The van der Waals surface area contributed by atoms with Crippen molar-refractivity contribution in [3.63, 3.8) is 0 Å². The van der Waals surface area contributed by atoms with Gasteiger partial charge in [-0.2, -0.15) is 18.2 Å². The second-order valence-electron chi connectivity index (χ2n) is 7.11. The summed E-state index contributed by atoms with van der Waals surface area (Å²) in [5, 5.41) is 3.58. The number of anilines is 3. The van der Waals surface area contributed by atoms with Gasteiger partial charge in [-0.05, 0) is 49.7 Å².